The molecule has 8 heteroatoms. The zero-order valence-electron chi connectivity index (χ0n) is 22.0. The third kappa shape index (κ3) is 3.20. The van der Waals surface area contributed by atoms with Crippen molar-refractivity contribution >= 4 is 62.4 Å². The molecule has 0 saturated heterocycles. The Morgan fingerprint density at radius 2 is 1.32 bits per heavy atom. The van der Waals surface area contributed by atoms with Gasteiger partial charge in [0.25, 0.3) is 5.91 Å². The molecule has 4 aromatic heterocycles. The molecule has 0 saturated carbocycles. The Bertz CT molecular complexity index is 1930. The van der Waals surface area contributed by atoms with Gasteiger partial charge in [0, 0.05) is 36.2 Å². The normalized spacial score (nSPS) is 13.0. The second-order valence-corrected chi connectivity index (χ2v) is 13.4. The molecular formula is C30H26N4OS3. The first-order valence-electron chi connectivity index (χ1n) is 12.8. The van der Waals surface area contributed by atoms with E-state index in [0.29, 0.717) is 23.2 Å². The molecule has 0 aliphatic carbocycles. The van der Waals surface area contributed by atoms with E-state index >= 15 is 0 Å². The maximum absolute atomic E-state index is 13.9. The maximum Gasteiger partial charge on any atom is 0.264 e. The fraction of sp³-hybridized carbons (Fsp3) is 0.267. The Morgan fingerprint density at radius 1 is 0.763 bits per heavy atom. The maximum atomic E-state index is 13.9. The number of hydrogen-bond donors (Lipinski definition) is 0. The van der Waals surface area contributed by atoms with E-state index in [4.69, 9.17) is 13.7 Å². The Labute approximate surface area is 233 Å². The number of nitrogens with zero attached hydrogens (tertiary/aromatic N) is 4. The van der Waals surface area contributed by atoms with Crippen LogP contribution in [-0.2, 0) is 0 Å². The Kier molecular flexibility index (Phi) is 5.28. The lowest BCUT2D eigenvalue weighted by atomic mass is 10.0. The molecule has 0 amide bonds. The van der Waals surface area contributed by atoms with Gasteiger partial charge in [-0.2, -0.15) is 8.75 Å². The Morgan fingerprint density at radius 3 is 1.89 bits per heavy atom. The summed E-state index contributed by atoms with van der Waals surface area (Å²) in [6.45, 7) is 13.3. The van der Waals surface area contributed by atoms with Crippen molar-refractivity contribution in [2.45, 2.75) is 53.4 Å². The highest BCUT2D eigenvalue weighted by Gasteiger charge is 2.35. The van der Waals surface area contributed by atoms with Crippen LogP contribution in [0.1, 0.15) is 70.8 Å². The van der Waals surface area contributed by atoms with Crippen molar-refractivity contribution in [3.05, 3.63) is 62.8 Å². The van der Waals surface area contributed by atoms with Crippen LogP contribution in [-0.4, -0.2) is 24.2 Å². The van der Waals surface area contributed by atoms with Crippen molar-refractivity contribution in [3.63, 3.8) is 0 Å². The summed E-state index contributed by atoms with van der Waals surface area (Å²) < 4.78 is 11.5. The highest BCUT2D eigenvalue weighted by molar-refractivity contribution is 7.16. The number of carbonyl (C=O) groups excluding carboxylic acids is 1. The number of aryl methyl sites for hydroxylation is 2. The first-order chi connectivity index (χ1) is 18.3. The molecule has 6 aromatic rings. The SMILES string of the molecule is Cc1cc(-c2c3nsnc3c(-c3cc(C)c(C(C)C)s3)c3c2nc2n3C(=O)c3ccccc3-2)sc1C(C)C. The second kappa shape index (κ2) is 8.40. The van der Waals surface area contributed by atoms with Crippen molar-refractivity contribution in [2.75, 3.05) is 0 Å². The summed E-state index contributed by atoms with van der Waals surface area (Å²) in [6, 6.07) is 12.3. The van der Waals surface area contributed by atoms with E-state index in [0.717, 1.165) is 48.5 Å². The summed E-state index contributed by atoms with van der Waals surface area (Å²) in [6.07, 6.45) is 0. The summed E-state index contributed by atoms with van der Waals surface area (Å²) in [5, 5.41) is 0. The van der Waals surface area contributed by atoms with Crippen molar-refractivity contribution in [1.82, 2.24) is 18.3 Å². The standard InChI is InChI=1S/C30H26N4OS3/c1-13(2)27-15(5)11-19(36-27)21-23-24(33-38-32-23)22(20-12-16(6)28(37-20)14(3)4)26-25(21)31-29-17-9-7-8-10-18(17)30(35)34(26)29/h7-14H,1-6H3. The van der Waals surface area contributed by atoms with Gasteiger partial charge in [0.1, 0.15) is 22.4 Å². The van der Waals surface area contributed by atoms with Gasteiger partial charge in [0.2, 0.25) is 0 Å². The van der Waals surface area contributed by atoms with Gasteiger partial charge < -0.3 is 0 Å². The Balaban J connectivity index is 1.66. The number of fused-ring (bicyclic) bond motifs is 6. The molecule has 38 heavy (non-hydrogen) atoms. The molecule has 5 heterocycles. The van der Waals surface area contributed by atoms with Crippen molar-refractivity contribution in [1.29, 1.82) is 0 Å². The van der Waals surface area contributed by atoms with Crippen LogP contribution in [0.4, 0.5) is 0 Å². The summed E-state index contributed by atoms with van der Waals surface area (Å²) in [7, 11) is 0. The van der Waals surface area contributed by atoms with E-state index in [-0.39, 0.29) is 5.91 Å². The number of thiophene rings is 2. The van der Waals surface area contributed by atoms with Gasteiger partial charge in [-0.05, 0) is 55.0 Å². The van der Waals surface area contributed by atoms with Gasteiger partial charge >= 0.3 is 0 Å². The number of benzene rings is 2. The fourth-order valence-corrected chi connectivity index (χ4v) is 8.79. The van der Waals surface area contributed by atoms with E-state index in [1.807, 2.05) is 28.8 Å². The first kappa shape index (κ1) is 23.9. The van der Waals surface area contributed by atoms with Crippen LogP contribution in [0.25, 0.3) is 54.3 Å². The molecule has 0 N–H and O–H groups in total. The molecule has 5 nitrogen and oxygen atoms in total. The van der Waals surface area contributed by atoms with Crippen molar-refractivity contribution < 1.29 is 4.79 Å². The minimum absolute atomic E-state index is 0.0320. The van der Waals surface area contributed by atoms with E-state index in [1.165, 1.54) is 32.6 Å². The summed E-state index contributed by atoms with van der Waals surface area (Å²) in [4.78, 5) is 24.0. The first-order valence-corrected chi connectivity index (χ1v) is 15.2. The molecule has 1 aliphatic heterocycles. The predicted molar refractivity (Wildman–Crippen MR) is 160 cm³/mol. The minimum atomic E-state index is -0.0320. The van der Waals surface area contributed by atoms with E-state index in [9.17, 15) is 4.79 Å². The molecule has 190 valence electrons. The smallest absolute Gasteiger partial charge is 0.264 e. The molecule has 0 radical (unpaired) electrons. The van der Waals surface area contributed by atoms with Crippen molar-refractivity contribution in [3.8, 4) is 32.3 Å². The molecule has 0 unspecified atom stereocenters. The molecule has 2 aromatic carbocycles. The molecule has 0 spiro atoms. The van der Waals surface area contributed by atoms with Gasteiger partial charge in [-0.3, -0.25) is 9.36 Å². The minimum Gasteiger partial charge on any atom is -0.268 e. The van der Waals surface area contributed by atoms with Gasteiger partial charge in [0.05, 0.1) is 22.8 Å². The lowest BCUT2D eigenvalue weighted by Crippen LogP contribution is -2.06. The van der Waals surface area contributed by atoms with Crippen LogP contribution < -0.4 is 0 Å². The fourth-order valence-electron chi connectivity index (χ4n) is 5.78. The van der Waals surface area contributed by atoms with Crippen LogP contribution in [0.2, 0.25) is 0 Å². The quantitative estimate of drug-likeness (QED) is 0.218. The zero-order chi connectivity index (χ0) is 26.5. The lowest BCUT2D eigenvalue weighted by molar-refractivity contribution is 0.0973. The number of hydrogen-bond acceptors (Lipinski definition) is 7. The average Bonchev–Trinajstić information content (AvgIpc) is 3.68. The largest absolute Gasteiger partial charge is 0.268 e. The lowest BCUT2D eigenvalue weighted by Gasteiger charge is -2.10. The molecule has 0 fully saturated rings. The average molecular weight is 555 g/mol. The zero-order valence-corrected chi connectivity index (χ0v) is 24.5. The summed E-state index contributed by atoms with van der Waals surface area (Å²) >= 11 is 4.81. The Hall–Kier alpha value is -3.20. The highest BCUT2D eigenvalue weighted by Crippen LogP contribution is 2.50. The van der Waals surface area contributed by atoms with Gasteiger partial charge in [0.15, 0.2) is 0 Å². The van der Waals surface area contributed by atoms with Gasteiger partial charge in [-0.1, -0.05) is 45.9 Å². The third-order valence-corrected chi connectivity index (χ3v) is 11.0. The monoisotopic (exact) mass is 554 g/mol. The third-order valence-electron chi connectivity index (χ3n) is 7.37. The van der Waals surface area contributed by atoms with Crippen molar-refractivity contribution in [2.24, 2.45) is 0 Å². The molecule has 0 bridgehead atoms. The number of rotatable bonds is 4. The van der Waals surface area contributed by atoms with E-state index in [1.54, 1.807) is 22.7 Å². The number of imidazole rings is 1. The van der Waals surface area contributed by atoms with Crippen LogP contribution >= 0.6 is 34.4 Å². The highest BCUT2D eigenvalue weighted by atomic mass is 32.1. The van der Waals surface area contributed by atoms with Crippen LogP contribution in [0.5, 0.6) is 0 Å². The number of carbonyl (C=O) groups is 1. The molecular weight excluding hydrogens is 529 g/mol. The predicted octanol–water partition coefficient (Wildman–Crippen LogP) is 9.03. The van der Waals surface area contributed by atoms with Crippen LogP contribution in [0.15, 0.2) is 36.4 Å². The van der Waals surface area contributed by atoms with E-state index < -0.39 is 0 Å². The topological polar surface area (TPSA) is 60.7 Å². The number of aromatic nitrogens is 4. The molecule has 7 rings (SSSR count). The molecule has 0 atom stereocenters. The molecule has 1 aliphatic rings. The van der Waals surface area contributed by atoms with Crippen LogP contribution in [0, 0.1) is 13.8 Å². The van der Waals surface area contributed by atoms with Gasteiger partial charge in [-0.25, -0.2) is 4.98 Å². The van der Waals surface area contributed by atoms with E-state index in [2.05, 4.69) is 53.7 Å². The van der Waals surface area contributed by atoms with Crippen LogP contribution in [0.3, 0.4) is 0 Å². The van der Waals surface area contributed by atoms with Gasteiger partial charge in [-0.15, -0.1) is 22.7 Å². The second-order valence-electron chi connectivity index (χ2n) is 10.7. The summed E-state index contributed by atoms with van der Waals surface area (Å²) in [5.74, 6) is 1.51. The summed E-state index contributed by atoms with van der Waals surface area (Å²) in [5.41, 5.74) is 9.43.